The lowest BCUT2D eigenvalue weighted by molar-refractivity contribution is 1.18. The molecule has 0 amide bonds. The summed E-state index contributed by atoms with van der Waals surface area (Å²) in [6, 6.07) is 38.7. The van der Waals surface area contributed by atoms with Gasteiger partial charge in [-0.05, 0) is 24.3 Å². The van der Waals surface area contributed by atoms with E-state index in [4.69, 9.17) is 4.98 Å². The topological polar surface area (TPSA) is 17.8 Å². The fourth-order valence-electron chi connectivity index (χ4n) is 5.01. The third kappa shape index (κ3) is 2.25. The van der Waals surface area contributed by atoms with Crippen molar-refractivity contribution in [1.82, 2.24) is 9.55 Å². The molecule has 0 fully saturated rings. The van der Waals surface area contributed by atoms with Crippen molar-refractivity contribution in [3.8, 4) is 39.3 Å². The number of benzene rings is 4. The van der Waals surface area contributed by atoms with Crippen LogP contribution in [0.1, 0.15) is 0 Å². The fourth-order valence-corrected chi connectivity index (χ4v) is 5.01. The first-order chi connectivity index (χ1) is 15.4. The lowest BCUT2D eigenvalue weighted by Gasteiger charge is -2.12. The van der Waals surface area contributed by atoms with Crippen molar-refractivity contribution < 1.29 is 0 Å². The number of aromatic nitrogens is 2. The fraction of sp³-hybridized carbons (Fsp3) is 0. The molecule has 7 rings (SSSR count). The standard InChI is InChI=1S/C29H18N2/c1-2-9-19(10-3-1)25-18-17-21-23-14-8-13-22-20-11-4-6-15-26(20)31(29(22)23)27-16-7-5-12-24(27)28(21)30-25/h1-18H. The second-order valence-electron chi connectivity index (χ2n) is 8.03. The van der Waals surface area contributed by atoms with E-state index in [-0.39, 0.29) is 0 Å². The van der Waals surface area contributed by atoms with E-state index in [0.29, 0.717) is 0 Å². The zero-order chi connectivity index (χ0) is 20.4. The van der Waals surface area contributed by atoms with E-state index >= 15 is 0 Å². The lowest BCUT2D eigenvalue weighted by Crippen LogP contribution is -1.96. The summed E-state index contributed by atoms with van der Waals surface area (Å²) in [4.78, 5) is 5.20. The van der Waals surface area contributed by atoms with Crippen molar-refractivity contribution in [2.24, 2.45) is 0 Å². The highest BCUT2D eigenvalue weighted by Gasteiger charge is 2.25. The van der Waals surface area contributed by atoms with Gasteiger partial charge in [0, 0.05) is 33.0 Å². The van der Waals surface area contributed by atoms with Gasteiger partial charge in [-0.2, -0.15) is 0 Å². The summed E-state index contributed by atoms with van der Waals surface area (Å²) in [5.74, 6) is 0. The van der Waals surface area contributed by atoms with E-state index in [9.17, 15) is 0 Å². The van der Waals surface area contributed by atoms with Gasteiger partial charge in [0.1, 0.15) is 0 Å². The Labute approximate surface area is 180 Å². The summed E-state index contributed by atoms with van der Waals surface area (Å²) >= 11 is 0. The molecule has 0 aliphatic carbocycles. The first-order valence-electron chi connectivity index (χ1n) is 10.6. The molecule has 2 nitrogen and oxygen atoms in total. The molecule has 2 heteroatoms. The number of rotatable bonds is 1. The van der Waals surface area contributed by atoms with E-state index in [1.807, 2.05) is 6.07 Å². The molecule has 4 aromatic carbocycles. The smallest absolute Gasteiger partial charge is 0.0809 e. The van der Waals surface area contributed by atoms with Gasteiger partial charge in [-0.3, -0.25) is 0 Å². The lowest BCUT2D eigenvalue weighted by atomic mass is 9.96. The minimum atomic E-state index is 0.998. The Bertz CT molecular complexity index is 1620. The summed E-state index contributed by atoms with van der Waals surface area (Å²) < 4.78 is 2.42. The molecule has 0 saturated heterocycles. The maximum absolute atomic E-state index is 5.20. The first kappa shape index (κ1) is 16.6. The highest BCUT2D eigenvalue weighted by Crippen LogP contribution is 2.46. The van der Waals surface area contributed by atoms with Gasteiger partial charge in [-0.15, -0.1) is 0 Å². The molecule has 6 aromatic rings. The highest BCUT2D eigenvalue weighted by molar-refractivity contribution is 6.16. The van der Waals surface area contributed by atoms with Crippen molar-refractivity contribution >= 4 is 21.8 Å². The maximum Gasteiger partial charge on any atom is 0.0809 e. The van der Waals surface area contributed by atoms with Crippen molar-refractivity contribution in [3.05, 3.63) is 109 Å². The second-order valence-corrected chi connectivity index (χ2v) is 8.03. The number of pyridine rings is 1. The monoisotopic (exact) mass is 394 g/mol. The molecule has 1 aliphatic rings. The second kappa shape index (κ2) is 6.16. The van der Waals surface area contributed by atoms with Gasteiger partial charge in [0.05, 0.1) is 28.1 Å². The van der Waals surface area contributed by atoms with Gasteiger partial charge in [0.2, 0.25) is 0 Å². The Morgan fingerprint density at radius 2 is 1.26 bits per heavy atom. The summed E-state index contributed by atoms with van der Waals surface area (Å²) in [7, 11) is 0. The predicted molar refractivity (Wildman–Crippen MR) is 128 cm³/mol. The van der Waals surface area contributed by atoms with Crippen LogP contribution in [0.4, 0.5) is 0 Å². The largest absolute Gasteiger partial charge is 0.308 e. The van der Waals surface area contributed by atoms with Crippen molar-refractivity contribution in [1.29, 1.82) is 0 Å². The van der Waals surface area contributed by atoms with Crippen LogP contribution in [0.3, 0.4) is 0 Å². The Kier molecular flexibility index (Phi) is 3.30. The molecule has 0 radical (unpaired) electrons. The van der Waals surface area contributed by atoms with E-state index < -0.39 is 0 Å². The third-order valence-electron chi connectivity index (χ3n) is 6.35. The van der Waals surface area contributed by atoms with Crippen molar-refractivity contribution in [2.45, 2.75) is 0 Å². The molecular weight excluding hydrogens is 376 g/mol. The van der Waals surface area contributed by atoms with Gasteiger partial charge in [-0.25, -0.2) is 4.98 Å². The molecule has 3 heterocycles. The molecule has 0 saturated carbocycles. The molecule has 0 bridgehead atoms. The number of hydrogen-bond donors (Lipinski definition) is 0. The molecule has 144 valence electrons. The number of fused-ring (bicyclic) bond motifs is 8. The average Bonchev–Trinajstić information content (AvgIpc) is 3.12. The molecule has 0 spiro atoms. The zero-order valence-corrected chi connectivity index (χ0v) is 16.8. The molecule has 0 unspecified atom stereocenters. The zero-order valence-electron chi connectivity index (χ0n) is 16.8. The Hall–Kier alpha value is -4.17. The summed E-state index contributed by atoms with van der Waals surface area (Å²) in [5.41, 5.74) is 10.4. The van der Waals surface area contributed by atoms with Crippen LogP contribution < -0.4 is 0 Å². The van der Waals surface area contributed by atoms with Gasteiger partial charge >= 0.3 is 0 Å². The minimum absolute atomic E-state index is 0.998. The maximum atomic E-state index is 5.20. The minimum Gasteiger partial charge on any atom is -0.308 e. The van der Waals surface area contributed by atoms with Crippen LogP contribution >= 0.6 is 0 Å². The molecule has 0 N–H and O–H groups in total. The van der Waals surface area contributed by atoms with Crippen LogP contribution in [0.2, 0.25) is 0 Å². The average molecular weight is 394 g/mol. The third-order valence-corrected chi connectivity index (χ3v) is 6.35. The predicted octanol–water partition coefficient (Wildman–Crippen LogP) is 7.49. The summed E-state index contributed by atoms with van der Waals surface area (Å²) in [6.07, 6.45) is 0. The Morgan fingerprint density at radius 3 is 2.19 bits per heavy atom. The molecular formula is C29H18N2. The summed E-state index contributed by atoms with van der Waals surface area (Å²) in [6.45, 7) is 0. The first-order valence-corrected chi connectivity index (χ1v) is 10.6. The molecule has 0 atom stereocenters. The Morgan fingerprint density at radius 1 is 0.516 bits per heavy atom. The van der Waals surface area contributed by atoms with Crippen LogP contribution in [-0.4, -0.2) is 9.55 Å². The van der Waals surface area contributed by atoms with Gasteiger partial charge in [0.25, 0.3) is 0 Å². The van der Waals surface area contributed by atoms with E-state index in [1.165, 1.54) is 38.6 Å². The van der Waals surface area contributed by atoms with Gasteiger partial charge < -0.3 is 4.57 Å². The van der Waals surface area contributed by atoms with Crippen LogP contribution in [0.25, 0.3) is 61.1 Å². The number of para-hydroxylation sites is 3. The van der Waals surface area contributed by atoms with Crippen molar-refractivity contribution in [3.63, 3.8) is 0 Å². The highest BCUT2D eigenvalue weighted by atomic mass is 15.0. The van der Waals surface area contributed by atoms with Gasteiger partial charge in [0.15, 0.2) is 0 Å². The van der Waals surface area contributed by atoms with E-state index in [1.54, 1.807) is 0 Å². The summed E-state index contributed by atoms with van der Waals surface area (Å²) in [5, 5.41) is 2.56. The van der Waals surface area contributed by atoms with Crippen LogP contribution in [0.5, 0.6) is 0 Å². The van der Waals surface area contributed by atoms with Crippen LogP contribution in [0, 0.1) is 0 Å². The SMILES string of the molecule is c1ccc(-c2ccc3c(n2)-c2ccccc2-n2c4ccccc4c4cccc-3c42)cc1. The molecule has 1 aliphatic heterocycles. The number of hydrogen-bond acceptors (Lipinski definition) is 1. The van der Waals surface area contributed by atoms with Crippen molar-refractivity contribution in [2.75, 3.05) is 0 Å². The molecule has 31 heavy (non-hydrogen) atoms. The van der Waals surface area contributed by atoms with E-state index in [2.05, 4.69) is 108 Å². The quantitative estimate of drug-likeness (QED) is 0.282. The normalized spacial score (nSPS) is 11.9. The van der Waals surface area contributed by atoms with Gasteiger partial charge in [-0.1, -0.05) is 84.9 Å². The van der Waals surface area contributed by atoms with E-state index in [0.717, 1.165) is 22.5 Å². The Balaban J connectivity index is 1.67. The molecule has 2 aromatic heterocycles. The van der Waals surface area contributed by atoms with Crippen LogP contribution in [-0.2, 0) is 0 Å². The number of nitrogens with zero attached hydrogens (tertiary/aromatic N) is 2. The van der Waals surface area contributed by atoms with Crippen LogP contribution in [0.15, 0.2) is 109 Å².